The lowest BCUT2D eigenvalue weighted by Gasteiger charge is -2.24. The van der Waals surface area contributed by atoms with Gasteiger partial charge >= 0.3 is 5.97 Å². The quantitative estimate of drug-likeness (QED) is 0.661. The van der Waals surface area contributed by atoms with Crippen molar-refractivity contribution in [2.75, 3.05) is 7.11 Å². The molecule has 0 bridgehead atoms. The highest BCUT2D eigenvalue weighted by molar-refractivity contribution is 5.76. The Bertz CT molecular complexity index is 389. The van der Waals surface area contributed by atoms with E-state index in [0.29, 0.717) is 13.0 Å². The standard InChI is InChI=1S/C11H13NO3/c1-15-11(14)10-5-7-2-3-9(13)4-8(7)6-12-10/h2-4,10,12-13H,5-6H2,1H3/t10-/m1/s1. The molecule has 2 rings (SSSR count). The van der Waals surface area contributed by atoms with Gasteiger partial charge in [0.25, 0.3) is 0 Å². The van der Waals surface area contributed by atoms with Gasteiger partial charge in [0, 0.05) is 6.54 Å². The monoisotopic (exact) mass is 207 g/mol. The summed E-state index contributed by atoms with van der Waals surface area (Å²) < 4.78 is 4.68. The number of carbonyl (C=O) groups excluding carboxylic acids is 1. The molecule has 4 nitrogen and oxygen atoms in total. The third kappa shape index (κ3) is 1.94. The second-order valence-corrected chi connectivity index (χ2v) is 3.61. The van der Waals surface area contributed by atoms with Crippen LogP contribution < -0.4 is 5.32 Å². The molecule has 1 heterocycles. The second-order valence-electron chi connectivity index (χ2n) is 3.61. The van der Waals surface area contributed by atoms with E-state index < -0.39 is 0 Å². The van der Waals surface area contributed by atoms with Crippen LogP contribution in [0.5, 0.6) is 5.75 Å². The number of nitrogens with one attached hydrogen (secondary N) is 1. The van der Waals surface area contributed by atoms with Gasteiger partial charge in [-0.25, -0.2) is 0 Å². The molecule has 15 heavy (non-hydrogen) atoms. The van der Waals surface area contributed by atoms with Crippen molar-refractivity contribution in [1.82, 2.24) is 5.32 Å². The summed E-state index contributed by atoms with van der Waals surface area (Å²) in [5.74, 6) is 0.0146. The fraction of sp³-hybridized carbons (Fsp3) is 0.364. The summed E-state index contributed by atoms with van der Waals surface area (Å²) in [4.78, 5) is 11.3. The van der Waals surface area contributed by atoms with E-state index in [2.05, 4.69) is 10.1 Å². The van der Waals surface area contributed by atoms with Crippen molar-refractivity contribution in [1.29, 1.82) is 0 Å². The van der Waals surface area contributed by atoms with E-state index in [0.717, 1.165) is 11.1 Å². The van der Waals surface area contributed by atoms with Gasteiger partial charge < -0.3 is 15.2 Å². The molecule has 1 aromatic carbocycles. The number of carbonyl (C=O) groups is 1. The minimum absolute atomic E-state index is 0.242. The van der Waals surface area contributed by atoms with Crippen molar-refractivity contribution in [3.63, 3.8) is 0 Å². The SMILES string of the molecule is COC(=O)[C@H]1Cc2ccc(O)cc2CN1. The first kappa shape index (κ1) is 9.98. The van der Waals surface area contributed by atoms with E-state index >= 15 is 0 Å². The zero-order chi connectivity index (χ0) is 10.8. The number of hydrogen-bond donors (Lipinski definition) is 2. The Labute approximate surface area is 87.9 Å². The van der Waals surface area contributed by atoms with Crippen molar-refractivity contribution in [3.8, 4) is 5.75 Å². The maximum absolute atomic E-state index is 11.3. The molecule has 1 aliphatic rings. The molecule has 80 valence electrons. The summed E-state index contributed by atoms with van der Waals surface area (Å²) in [6.07, 6.45) is 0.613. The molecular weight excluding hydrogens is 194 g/mol. The van der Waals surface area contributed by atoms with Crippen LogP contribution in [0.4, 0.5) is 0 Å². The van der Waals surface area contributed by atoms with Gasteiger partial charge in [-0.05, 0) is 29.7 Å². The number of rotatable bonds is 1. The first-order valence-corrected chi connectivity index (χ1v) is 4.82. The zero-order valence-electron chi connectivity index (χ0n) is 8.49. The van der Waals surface area contributed by atoms with E-state index in [1.54, 1.807) is 12.1 Å². The third-order valence-corrected chi connectivity index (χ3v) is 2.64. The Kier molecular flexibility index (Phi) is 2.60. The summed E-state index contributed by atoms with van der Waals surface area (Å²) in [6.45, 7) is 0.587. The summed E-state index contributed by atoms with van der Waals surface area (Å²) in [5.41, 5.74) is 2.12. The molecule has 1 aromatic rings. The normalized spacial score (nSPS) is 19.4. The lowest BCUT2D eigenvalue weighted by molar-refractivity contribution is -0.143. The first-order valence-electron chi connectivity index (χ1n) is 4.82. The summed E-state index contributed by atoms with van der Waals surface area (Å²) in [6, 6.07) is 4.93. The van der Waals surface area contributed by atoms with Crippen LogP contribution in [0.1, 0.15) is 11.1 Å². The van der Waals surface area contributed by atoms with Crippen molar-refractivity contribution in [2.45, 2.75) is 19.0 Å². The zero-order valence-corrected chi connectivity index (χ0v) is 8.49. The molecule has 1 atom stereocenters. The van der Waals surface area contributed by atoms with Gasteiger partial charge in [-0.2, -0.15) is 0 Å². The number of phenolic OH excluding ortho intramolecular Hbond substituents is 1. The second kappa shape index (κ2) is 3.90. The van der Waals surface area contributed by atoms with E-state index in [1.807, 2.05) is 6.07 Å². The van der Waals surface area contributed by atoms with Crippen LogP contribution in [-0.2, 0) is 22.5 Å². The van der Waals surface area contributed by atoms with Gasteiger partial charge in [0.05, 0.1) is 7.11 Å². The molecular formula is C11H13NO3. The fourth-order valence-corrected chi connectivity index (χ4v) is 1.81. The third-order valence-electron chi connectivity index (χ3n) is 2.64. The van der Waals surface area contributed by atoms with Crippen LogP contribution in [0.2, 0.25) is 0 Å². The van der Waals surface area contributed by atoms with Gasteiger partial charge in [-0.3, -0.25) is 4.79 Å². The number of methoxy groups -OCH3 is 1. The molecule has 0 radical (unpaired) electrons. The van der Waals surface area contributed by atoms with Crippen molar-refractivity contribution in [3.05, 3.63) is 29.3 Å². The molecule has 2 N–H and O–H groups in total. The number of benzene rings is 1. The summed E-state index contributed by atoms with van der Waals surface area (Å²) in [5, 5.41) is 12.4. The lowest BCUT2D eigenvalue weighted by Crippen LogP contribution is -2.42. The highest BCUT2D eigenvalue weighted by atomic mass is 16.5. The Morgan fingerprint density at radius 1 is 1.53 bits per heavy atom. The topological polar surface area (TPSA) is 58.6 Å². The van der Waals surface area contributed by atoms with Crippen LogP contribution in [0, 0.1) is 0 Å². The number of fused-ring (bicyclic) bond motifs is 1. The van der Waals surface area contributed by atoms with Gasteiger partial charge in [0.2, 0.25) is 0 Å². The van der Waals surface area contributed by atoms with Crippen LogP contribution >= 0.6 is 0 Å². The molecule has 1 aliphatic heterocycles. The van der Waals surface area contributed by atoms with Gasteiger partial charge in [0.1, 0.15) is 11.8 Å². The van der Waals surface area contributed by atoms with Gasteiger partial charge in [0.15, 0.2) is 0 Å². The predicted octanol–water partition coefficient (Wildman–Crippen LogP) is 0.579. The molecule has 0 amide bonds. The van der Waals surface area contributed by atoms with Crippen molar-refractivity contribution >= 4 is 5.97 Å². The Hall–Kier alpha value is -1.55. The average molecular weight is 207 g/mol. The van der Waals surface area contributed by atoms with E-state index in [1.165, 1.54) is 7.11 Å². The van der Waals surface area contributed by atoms with Gasteiger partial charge in [-0.1, -0.05) is 6.07 Å². The van der Waals surface area contributed by atoms with E-state index in [9.17, 15) is 9.90 Å². The Morgan fingerprint density at radius 2 is 2.33 bits per heavy atom. The van der Waals surface area contributed by atoms with Crippen LogP contribution in [0.3, 0.4) is 0 Å². The molecule has 4 heteroatoms. The highest BCUT2D eigenvalue weighted by Gasteiger charge is 2.24. The molecule has 0 saturated carbocycles. The van der Waals surface area contributed by atoms with Gasteiger partial charge in [-0.15, -0.1) is 0 Å². The maximum Gasteiger partial charge on any atom is 0.323 e. The number of phenols is 1. The molecule has 0 unspecified atom stereocenters. The fourth-order valence-electron chi connectivity index (χ4n) is 1.81. The molecule has 0 fully saturated rings. The summed E-state index contributed by atoms with van der Waals surface area (Å²) >= 11 is 0. The minimum atomic E-state index is -0.271. The molecule has 0 spiro atoms. The van der Waals surface area contributed by atoms with Crippen molar-refractivity contribution < 1.29 is 14.6 Å². The summed E-state index contributed by atoms with van der Waals surface area (Å²) in [7, 11) is 1.39. The van der Waals surface area contributed by atoms with E-state index in [-0.39, 0.29) is 17.8 Å². The largest absolute Gasteiger partial charge is 0.508 e. The van der Waals surface area contributed by atoms with Crippen LogP contribution in [0.15, 0.2) is 18.2 Å². The molecule has 0 aromatic heterocycles. The van der Waals surface area contributed by atoms with Crippen LogP contribution in [-0.4, -0.2) is 24.2 Å². The number of ether oxygens (including phenoxy) is 1. The molecule has 0 saturated heterocycles. The minimum Gasteiger partial charge on any atom is -0.508 e. The Morgan fingerprint density at radius 3 is 3.07 bits per heavy atom. The smallest absolute Gasteiger partial charge is 0.323 e. The lowest BCUT2D eigenvalue weighted by atomic mass is 9.96. The predicted molar refractivity (Wildman–Crippen MR) is 54.5 cm³/mol. The average Bonchev–Trinajstić information content (AvgIpc) is 2.27. The number of aromatic hydroxyl groups is 1. The molecule has 0 aliphatic carbocycles. The number of hydrogen-bond acceptors (Lipinski definition) is 4. The maximum atomic E-state index is 11.3. The number of esters is 1. The Balaban J connectivity index is 2.20. The first-order chi connectivity index (χ1) is 7.20. The van der Waals surface area contributed by atoms with E-state index in [4.69, 9.17) is 0 Å². The van der Waals surface area contributed by atoms with Crippen molar-refractivity contribution in [2.24, 2.45) is 0 Å². The van der Waals surface area contributed by atoms with Crippen LogP contribution in [0.25, 0.3) is 0 Å². The highest BCUT2D eigenvalue weighted by Crippen LogP contribution is 2.21.